The van der Waals surface area contributed by atoms with Crippen molar-refractivity contribution >= 4 is 12.1 Å². The van der Waals surface area contributed by atoms with Gasteiger partial charge in [0.2, 0.25) is 0 Å². The minimum Gasteiger partial charge on any atom is -0.507 e. The zero-order chi connectivity index (χ0) is 15.1. The van der Waals surface area contributed by atoms with Gasteiger partial charge in [-0.05, 0) is 36.4 Å². The van der Waals surface area contributed by atoms with Crippen LogP contribution < -0.4 is 10.2 Å². The van der Waals surface area contributed by atoms with Gasteiger partial charge in [0.25, 0.3) is 5.91 Å². The Morgan fingerprint density at radius 1 is 1.24 bits per heavy atom. The maximum Gasteiger partial charge on any atom is 0.277 e. The number of ether oxygens (including phenoxy) is 1. The maximum atomic E-state index is 12.7. The molecule has 5 nitrogen and oxygen atoms in total. The lowest BCUT2D eigenvalue weighted by Gasteiger charge is -2.04. The summed E-state index contributed by atoms with van der Waals surface area (Å²) in [5.41, 5.74) is 2.74. The van der Waals surface area contributed by atoms with Crippen molar-refractivity contribution in [3.8, 4) is 11.5 Å². The molecule has 0 bridgehead atoms. The molecule has 0 heterocycles. The number of carbonyl (C=O) groups is 1. The van der Waals surface area contributed by atoms with Gasteiger partial charge in [-0.3, -0.25) is 4.79 Å². The summed E-state index contributed by atoms with van der Waals surface area (Å²) in [6.45, 7) is -0.246. The lowest BCUT2D eigenvalue weighted by molar-refractivity contribution is -0.123. The number of nitrogens with zero attached hydrogens (tertiary/aromatic N) is 1. The van der Waals surface area contributed by atoms with Gasteiger partial charge in [0, 0.05) is 5.56 Å². The second kappa shape index (κ2) is 7.04. The Labute approximate surface area is 120 Å². The lowest BCUT2D eigenvalue weighted by Crippen LogP contribution is -2.24. The summed E-state index contributed by atoms with van der Waals surface area (Å²) in [6.07, 6.45) is 1.32. The molecule has 0 aliphatic carbocycles. The fourth-order valence-corrected chi connectivity index (χ4v) is 1.48. The monoisotopic (exact) mass is 288 g/mol. The van der Waals surface area contributed by atoms with E-state index in [1.165, 1.54) is 36.5 Å². The Bertz CT molecular complexity index is 642. The van der Waals surface area contributed by atoms with E-state index in [4.69, 9.17) is 4.74 Å². The van der Waals surface area contributed by atoms with Gasteiger partial charge in [0.15, 0.2) is 6.61 Å². The first kappa shape index (κ1) is 14.5. The topological polar surface area (TPSA) is 70.9 Å². The zero-order valence-corrected chi connectivity index (χ0v) is 11.0. The molecule has 2 aromatic rings. The van der Waals surface area contributed by atoms with E-state index in [2.05, 4.69) is 10.5 Å². The summed E-state index contributed by atoms with van der Waals surface area (Å²) in [7, 11) is 0. The number of rotatable bonds is 5. The van der Waals surface area contributed by atoms with Crippen LogP contribution in [0.2, 0.25) is 0 Å². The largest absolute Gasteiger partial charge is 0.507 e. The molecule has 108 valence electrons. The number of benzene rings is 2. The van der Waals surface area contributed by atoms with Crippen LogP contribution >= 0.6 is 0 Å². The normalized spacial score (nSPS) is 10.5. The van der Waals surface area contributed by atoms with Crippen LogP contribution in [0.25, 0.3) is 0 Å². The van der Waals surface area contributed by atoms with Crippen LogP contribution in [0.15, 0.2) is 53.6 Å². The van der Waals surface area contributed by atoms with Crippen LogP contribution in [-0.2, 0) is 4.79 Å². The van der Waals surface area contributed by atoms with E-state index in [0.29, 0.717) is 11.3 Å². The van der Waals surface area contributed by atoms with Crippen molar-refractivity contribution in [2.75, 3.05) is 6.61 Å². The van der Waals surface area contributed by atoms with Crippen LogP contribution in [0.3, 0.4) is 0 Å². The standard InChI is InChI=1S/C15H13FN2O3/c16-12-5-7-13(8-6-12)21-10-15(20)18-17-9-11-3-1-2-4-14(11)19/h1-9,19H,10H2,(H,18,20)/b17-9+. The average Bonchev–Trinajstić information content (AvgIpc) is 2.49. The van der Waals surface area contributed by atoms with Crippen molar-refractivity contribution in [3.05, 3.63) is 59.9 Å². The van der Waals surface area contributed by atoms with E-state index in [9.17, 15) is 14.3 Å². The van der Waals surface area contributed by atoms with E-state index in [-0.39, 0.29) is 18.2 Å². The van der Waals surface area contributed by atoms with Crippen molar-refractivity contribution in [1.82, 2.24) is 5.43 Å². The van der Waals surface area contributed by atoms with Crippen LogP contribution in [-0.4, -0.2) is 23.8 Å². The molecule has 0 fully saturated rings. The van der Waals surface area contributed by atoms with Gasteiger partial charge in [-0.15, -0.1) is 0 Å². The quantitative estimate of drug-likeness (QED) is 0.653. The first-order valence-electron chi connectivity index (χ1n) is 6.13. The molecule has 0 saturated heterocycles. The first-order valence-corrected chi connectivity index (χ1v) is 6.13. The highest BCUT2D eigenvalue weighted by Gasteiger charge is 2.02. The van der Waals surface area contributed by atoms with E-state index in [1.807, 2.05) is 0 Å². The Kier molecular flexibility index (Phi) is 4.87. The third-order valence-corrected chi connectivity index (χ3v) is 2.51. The van der Waals surface area contributed by atoms with Crippen LogP contribution in [0.1, 0.15) is 5.56 Å². The van der Waals surface area contributed by atoms with Crippen molar-refractivity contribution in [1.29, 1.82) is 0 Å². The second-order valence-electron chi connectivity index (χ2n) is 4.09. The summed E-state index contributed by atoms with van der Waals surface area (Å²) in [4.78, 5) is 11.5. The highest BCUT2D eigenvalue weighted by atomic mass is 19.1. The molecular formula is C15H13FN2O3. The molecule has 2 N–H and O–H groups in total. The minimum atomic E-state index is -0.467. The number of hydrogen-bond donors (Lipinski definition) is 2. The number of amides is 1. The Morgan fingerprint density at radius 3 is 2.67 bits per heavy atom. The van der Waals surface area contributed by atoms with E-state index >= 15 is 0 Å². The highest BCUT2D eigenvalue weighted by molar-refractivity contribution is 5.85. The summed E-state index contributed by atoms with van der Waals surface area (Å²) < 4.78 is 17.8. The van der Waals surface area contributed by atoms with Crippen molar-refractivity contribution < 1.29 is 19.0 Å². The highest BCUT2D eigenvalue weighted by Crippen LogP contribution is 2.12. The second-order valence-corrected chi connectivity index (χ2v) is 4.09. The number of phenolic OH excluding ortho intramolecular Hbond substituents is 1. The predicted octanol–water partition coefficient (Wildman–Crippen LogP) is 2.06. The van der Waals surface area contributed by atoms with Gasteiger partial charge in [-0.1, -0.05) is 12.1 Å². The van der Waals surface area contributed by atoms with Crippen LogP contribution in [0.4, 0.5) is 4.39 Å². The third kappa shape index (κ3) is 4.61. The molecule has 2 rings (SSSR count). The molecule has 0 spiro atoms. The van der Waals surface area contributed by atoms with Gasteiger partial charge < -0.3 is 9.84 Å². The smallest absolute Gasteiger partial charge is 0.277 e. The number of nitrogens with one attached hydrogen (secondary N) is 1. The summed E-state index contributed by atoms with van der Waals surface area (Å²) in [5, 5.41) is 13.2. The predicted molar refractivity (Wildman–Crippen MR) is 75.7 cm³/mol. The van der Waals surface area contributed by atoms with Gasteiger partial charge in [-0.25, -0.2) is 9.82 Å². The van der Waals surface area contributed by atoms with Crippen LogP contribution in [0, 0.1) is 5.82 Å². The number of hydrogen-bond acceptors (Lipinski definition) is 4. The molecule has 0 saturated carbocycles. The summed E-state index contributed by atoms with van der Waals surface area (Å²) in [5.74, 6) is -0.389. The lowest BCUT2D eigenvalue weighted by atomic mass is 10.2. The van der Waals surface area contributed by atoms with E-state index < -0.39 is 5.91 Å². The fourth-order valence-electron chi connectivity index (χ4n) is 1.48. The fraction of sp³-hybridized carbons (Fsp3) is 0.0667. The van der Waals surface area contributed by atoms with Crippen molar-refractivity contribution in [2.45, 2.75) is 0 Å². The Hall–Kier alpha value is -2.89. The molecule has 6 heteroatoms. The average molecular weight is 288 g/mol. The molecule has 21 heavy (non-hydrogen) atoms. The molecule has 0 atom stereocenters. The molecule has 1 amide bonds. The van der Waals surface area contributed by atoms with Gasteiger partial charge in [0.05, 0.1) is 6.21 Å². The number of carbonyl (C=O) groups excluding carboxylic acids is 1. The van der Waals surface area contributed by atoms with Gasteiger partial charge >= 0.3 is 0 Å². The first-order chi connectivity index (χ1) is 10.1. The Morgan fingerprint density at radius 2 is 1.95 bits per heavy atom. The van der Waals surface area contributed by atoms with Crippen molar-refractivity contribution in [3.63, 3.8) is 0 Å². The molecule has 0 radical (unpaired) electrons. The molecule has 0 unspecified atom stereocenters. The van der Waals surface area contributed by atoms with Crippen LogP contribution in [0.5, 0.6) is 11.5 Å². The number of para-hydroxylation sites is 1. The van der Waals surface area contributed by atoms with E-state index in [1.54, 1.807) is 18.2 Å². The minimum absolute atomic E-state index is 0.0676. The SMILES string of the molecule is O=C(COc1ccc(F)cc1)N/N=C/c1ccccc1O. The summed E-state index contributed by atoms with van der Waals surface area (Å²) in [6, 6.07) is 11.9. The van der Waals surface area contributed by atoms with E-state index in [0.717, 1.165) is 0 Å². The molecule has 2 aromatic carbocycles. The molecular weight excluding hydrogens is 275 g/mol. The molecule has 0 aliphatic heterocycles. The summed E-state index contributed by atoms with van der Waals surface area (Å²) >= 11 is 0. The zero-order valence-electron chi connectivity index (χ0n) is 11.0. The maximum absolute atomic E-state index is 12.7. The molecule has 0 aromatic heterocycles. The number of hydrazone groups is 1. The van der Waals surface area contributed by atoms with Gasteiger partial charge in [0.1, 0.15) is 17.3 Å². The number of halogens is 1. The number of aromatic hydroxyl groups is 1. The molecule has 0 aliphatic rings. The van der Waals surface area contributed by atoms with Gasteiger partial charge in [-0.2, -0.15) is 5.10 Å². The Balaban J connectivity index is 1.80. The van der Waals surface area contributed by atoms with Crippen molar-refractivity contribution in [2.24, 2.45) is 5.10 Å². The number of phenols is 1. The third-order valence-electron chi connectivity index (χ3n) is 2.51.